The van der Waals surface area contributed by atoms with Gasteiger partial charge >= 0.3 is 0 Å². The van der Waals surface area contributed by atoms with E-state index >= 15 is 0 Å². The molecule has 3 aromatic heterocycles. The summed E-state index contributed by atoms with van der Waals surface area (Å²) in [5.74, 6) is 0.196. The van der Waals surface area contributed by atoms with Gasteiger partial charge in [-0.3, -0.25) is 9.59 Å². The third-order valence-corrected chi connectivity index (χ3v) is 3.62. The first-order chi connectivity index (χ1) is 10.6. The Balaban J connectivity index is 1.78. The highest BCUT2D eigenvalue weighted by Gasteiger charge is 2.10. The first-order valence-corrected chi connectivity index (χ1v) is 7.24. The molecule has 8 heteroatoms. The molecule has 0 spiro atoms. The minimum atomic E-state index is -0.356. The van der Waals surface area contributed by atoms with Crippen LogP contribution in [0.1, 0.15) is 5.69 Å². The fourth-order valence-electron chi connectivity index (χ4n) is 1.85. The van der Waals surface area contributed by atoms with Gasteiger partial charge in [0.1, 0.15) is 17.2 Å². The van der Waals surface area contributed by atoms with E-state index in [1.165, 1.54) is 23.9 Å². The quantitative estimate of drug-likeness (QED) is 0.794. The number of rotatable bonds is 4. The van der Waals surface area contributed by atoms with Gasteiger partial charge < -0.3 is 9.73 Å². The van der Waals surface area contributed by atoms with Gasteiger partial charge in [-0.05, 0) is 42.7 Å². The van der Waals surface area contributed by atoms with Crippen LogP contribution in [0, 0.1) is 6.92 Å². The minimum absolute atomic E-state index is 0.176. The molecular formula is C14H12N4O3S. The lowest BCUT2D eigenvalue weighted by molar-refractivity contribution is -0.116. The fourth-order valence-corrected chi connectivity index (χ4v) is 2.53. The van der Waals surface area contributed by atoms with Crippen molar-refractivity contribution in [3.63, 3.8) is 0 Å². The Morgan fingerprint density at radius 1 is 1.41 bits per heavy atom. The number of furan rings is 1. The summed E-state index contributed by atoms with van der Waals surface area (Å²) < 4.78 is 10.4. The molecule has 0 radical (unpaired) electrons. The van der Waals surface area contributed by atoms with E-state index in [4.69, 9.17) is 4.42 Å². The van der Waals surface area contributed by atoms with Gasteiger partial charge in [0.05, 0.1) is 12.0 Å². The molecule has 0 aliphatic carbocycles. The maximum atomic E-state index is 12.0. The zero-order chi connectivity index (χ0) is 15.5. The van der Waals surface area contributed by atoms with Gasteiger partial charge in [0.25, 0.3) is 5.56 Å². The molecule has 0 unspecified atom stereocenters. The standard InChI is InChI=1S/C14H12N4O3S/c1-9-7-13(22-17-9)15-12(19)8-18-14(20)5-4-10(16-18)11-3-2-6-21-11/h2-7H,8H2,1H3,(H,15,19). The number of carbonyl (C=O) groups excluding carboxylic acids is 1. The molecule has 0 fully saturated rings. The van der Waals surface area contributed by atoms with Gasteiger partial charge in [-0.1, -0.05) is 0 Å². The first-order valence-electron chi connectivity index (χ1n) is 6.47. The Hall–Kier alpha value is -2.74. The number of amides is 1. The van der Waals surface area contributed by atoms with Crippen molar-refractivity contribution in [1.29, 1.82) is 0 Å². The van der Waals surface area contributed by atoms with Crippen LogP contribution in [-0.2, 0) is 11.3 Å². The highest BCUT2D eigenvalue weighted by Crippen LogP contribution is 2.16. The lowest BCUT2D eigenvalue weighted by atomic mass is 10.3. The summed E-state index contributed by atoms with van der Waals surface area (Å²) in [4.78, 5) is 23.8. The molecule has 0 bridgehead atoms. The van der Waals surface area contributed by atoms with Crippen molar-refractivity contribution in [2.75, 3.05) is 5.32 Å². The van der Waals surface area contributed by atoms with Gasteiger partial charge in [-0.2, -0.15) is 9.47 Å². The lowest BCUT2D eigenvalue weighted by Gasteiger charge is -2.05. The van der Waals surface area contributed by atoms with E-state index in [0.29, 0.717) is 16.5 Å². The number of aryl methyl sites for hydroxylation is 1. The number of hydrogen-bond acceptors (Lipinski definition) is 6. The molecular weight excluding hydrogens is 304 g/mol. The number of hydrogen-bond donors (Lipinski definition) is 1. The number of aromatic nitrogens is 3. The summed E-state index contributed by atoms with van der Waals surface area (Å²) in [7, 11) is 0. The van der Waals surface area contributed by atoms with Crippen LogP contribution in [0.3, 0.4) is 0 Å². The van der Waals surface area contributed by atoms with Crippen LogP contribution in [0.15, 0.2) is 45.8 Å². The molecule has 0 aliphatic rings. The molecule has 1 N–H and O–H groups in total. The lowest BCUT2D eigenvalue weighted by Crippen LogP contribution is -2.29. The normalized spacial score (nSPS) is 10.6. The van der Waals surface area contributed by atoms with E-state index < -0.39 is 0 Å². The molecule has 0 aromatic carbocycles. The van der Waals surface area contributed by atoms with Gasteiger partial charge in [0.2, 0.25) is 5.91 Å². The van der Waals surface area contributed by atoms with Crippen molar-refractivity contribution in [3.05, 3.63) is 52.6 Å². The third-order valence-electron chi connectivity index (χ3n) is 2.82. The highest BCUT2D eigenvalue weighted by atomic mass is 32.1. The zero-order valence-electron chi connectivity index (χ0n) is 11.6. The smallest absolute Gasteiger partial charge is 0.267 e. The largest absolute Gasteiger partial charge is 0.463 e. The Labute approximate surface area is 129 Å². The molecule has 112 valence electrons. The highest BCUT2D eigenvalue weighted by molar-refractivity contribution is 7.10. The predicted octanol–water partition coefficient (Wildman–Crippen LogP) is 1.91. The van der Waals surface area contributed by atoms with Crippen molar-refractivity contribution >= 4 is 22.4 Å². The second kappa shape index (κ2) is 5.94. The molecule has 3 rings (SSSR count). The average molecular weight is 316 g/mol. The van der Waals surface area contributed by atoms with Crippen molar-refractivity contribution in [3.8, 4) is 11.5 Å². The summed E-state index contributed by atoms with van der Waals surface area (Å²) in [6, 6.07) is 8.14. The molecule has 0 saturated carbocycles. The topological polar surface area (TPSA) is 90.0 Å². The van der Waals surface area contributed by atoms with Crippen LogP contribution >= 0.6 is 11.5 Å². The Morgan fingerprint density at radius 2 is 2.27 bits per heavy atom. The summed E-state index contributed by atoms with van der Waals surface area (Å²) in [6.07, 6.45) is 1.52. The van der Waals surface area contributed by atoms with Crippen molar-refractivity contribution < 1.29 is 9.21 Å². The van der Waals surface area contributed by atoms with E-state index in [9.17, 15) is 9.59 Å². The molecule has 7 nitrogen and oxygen atoms in total. The molecule has 0 atom stereocenters. The second-order valence-corrected chi connectivity index (χ2v) is 5.38. The predicted molar refractivity (Wildman–Crippen MR) is 81.7 cm³/mol. The molecule has 0 aliphatic heterocycles. The second-order valence-electron chi connectivity index (χ2n) is 4.57. The van der Waals surface area contributed by atoms with Gasteiger partial charge in [-0.15, -0.1) is 0 Å². The SMILES string of the molecule is Cc1cc(NC(=O)Cn2nc(-c3ccco3)ccc2=O)sn1. The first kappa shape index (κ1) is 14.2. The van der Waals surface area contributed by atoms with Crippen molar-refractivity contribution in [2.45, 2.75) is 13.5 Å². The Bertz CT molecular complexity index is 851. The maximum Gasteiger partial charge on any atom is 0.267 e. The van der Waals surface area contributed by atoms with E-state index in [0.717, 1.165) is 10.4 Å². The van der Waals surface area contributed by atoms with Crippen LogP contribution in [0.2, 0.25) is 0 Å². The van der Waals surface area contributed by atoms with Crippen LogP contribution in [-0.4, -0.2) is 20.1 Å². The Kier molecular flexibility index (Phi) is 3.84. The van der Waals surface area contributed by atoms with E-state index in [1.807, 2.05) is 6.92 Å². The van der Waals surface area contributed by atoms with Gasteiger partial charge in [-0.25, -0.2) is 4.68 Å². The summed E-state index contributed by atoms with van der Waals surface area (Å²) >= 11 is 1.19. The van der Waals surface area contributed by atoms with E-state index in [1.54, 1.807) is 24.3 Å². The van der Waals surface area contributed by atoms with Crippen LogP contribution in [0.4, 0.5) is 5.00 Å². The number of carbonyl (C=O) groups is 1. The minimum Gasteiger partial charge on any atom is -0.463 e. The van der Waals surface area contributed by atoms with Crippen LogP contribution < -0.4 is 10.9 Å². The van der Waals surface area contributed by atoms with Crippen molar-refractivity contribution in [2.24, 2.45) is 0 Å². The molecule has 0 saturated heterocycles. The summed E-state index contributed by atoms with van der Waals surface area (Å²) in [6.45, 7) is 1.66. The average Bonchev–Trinajstić information content (AvgIpc) is 3.13. The number of nitrogens with one attached hydrogen (secondary N) is 1. The number of anilines is 1. The van der Waals surface area contributed by atoms with Crippen LogP contribution in [0.25, 0.3) is 11.5 Å². The summed E-state index contributed by atoms with van der Waals surface area (Å²) in [5.41, 5.74) is 0.965. The van der Waals surface area contributed by atoms with Gasteiger partial charge in [0, 0.05) is 6.07 Å². The molecule has 3 aromatic rings. The van der Waals surface area contributed by atoms with Crippen molar-refractivity contribution in [1.82, 2.24) is 14.2 Å². The molecule has 1 amide bonds. The monoisotopic (exact) mass is 316 g/mol. The van der Waals surface area contributed by atoms with E-state index in [2.05, 4.69) is 14.8 Å². The third kappa shape index (κ3) is 3.12. The number of nitrogens with zero attached hydrogens (tertiary/aromatic N) is 3. The maximum absolute atomic E-state index is 12.0. The van der Waals surface area contributed by atoms with E-state index in [-0.39, 0.29) is 18.0 Å². The Morgan fingerprint density at radius 3 is 2.95 bits per heavy atom. The molecule has 22 heavy (non-hydrogen) atoms. The van der Waals surface area contributed by atoms with Gasteiger partial charge in [0.15, 0.2) is 5.76 Å². The van der Waals surface area contributed by atoms with Crippen LogP contribution in [0.5, 0.6) is 0 Å². The fraction of sp³-hybridized carbons (Fsp3) is 0.143. The molecule has 3 heterocycles. The summed E-state index contributed by atoms with van der Waals surface area (Å²) in [5, 5.41) is 7.46. The zero-order valence-corrected chi connectivity index (χ0v) is 12.5.